The van der Waals surface area contributed by atoms with Crippen molar-refractivity contribution in [2.24, 2.45) is 13.0 Å². The molecule has 2 unspecified atom stereocenters. The molecule has 1 saturated carbocycles. The van der Waals surface area contributed by atoms with Crippen LogP contribution in [0.15, 0.2) is 12.4 Å². The Morgan fingerprint density at radius 2 is 2.08 bits per heavy atom. The normalized spacial score (nSPS) is 27.6. The van der Waals surface area contributed by atoms with Crippen LogP contribution in [-0.4, -0.2) is 63.0 Å². The molecule has 2 amide bonds. The number of hydrogen-bond donors (Lipinski definition) is 0. The molecular formula is C18H26N4O3. The molecule has 2 saturated heterocycles. The van der Waals surface area contributed by atoms with Crippen LogP contribution in [0.5, 0.6) is 0 Å². The van der Waals surface area contributed by atoms with Crippen molar-refractivity contribution in [1.82, 2.24) is 19.4 Å². The molecule has 2 aliphatic heterocycles. The van der Waals surface area contributed by atoms with Crippen LogP contribution in [0.1, 0.15) is 37.9 Å². The van der Waals surface area contributed by atoms with Crippen molar-refractivity contribution in [3.8, 4) is 0 Å². The highest BCUT2D eigenvalue weighted by atomic mass is 16.5. The van der Waals surface area contributed by atoms with E-state index in [1.165, 1.54) is 6.42 Å². The molecule has 0 bridgehead atoms. The van der Waals surface area contributed by atoms with Crippen LogP contribution < -0.4 is 0 Å². The number of rotatable bonds is 3. The third-order valence-corrected chi connectivity index (χ3v) is 5.88. The highest BCUT2D eigenvalue weighted by molar-refractivity contribution is 5.81. The molecule has 0 spiro atoms. The Morgan fingerprint density at radius 3 is 2.80 bits per heavy atom. The average Bonchev–Trinajstić information content (AvgIpc) is 3.24. The van der Waals surface area contributed by atoms with E-state index in [0.717, 1.165) is 31.5 Å². The summed E-state index contributed by atoms with van der Waals surface area (Å²) in [5, 5.41) is 0. The van der Waals surface area contributed by atoms with Crippen LogP contribution in [0.3, 0.4) is 0 Å². The van der Waals surface area contributed by atoms with Gasteiger partial charge in [-0.2, -0.15) is 0 Å². The summed E-state index contributed by atoms with van der Waals surface area (Å²) in [6.07, 6.45) is 9.09. The number of carbonyl (C=O) groups is 2. The molecule has 4 rings (SSSR count). The van der Waals surface area contributed by atoms with Crippen molar-refractivity contribution in [2.45, 2.75) is 50.8 Å². The van der Waals surface area contributed by atoms with Crippen LogP contribution in [0, 0.1) is 5.92 Å². The van der Waals surface area contributed by atoms with Crippen molar-refractivity contribution in [2.75, 3.05) is 19.7 Å². The summed E-state index contributed by atoms with van der Waals surface area (Å²) in [4.78, 5) is 33.4. The summed E-state index contributed by atoms with van der Waals surface area (Å²) in [5.41, 5.74) is 0. The second-order valence-corrected chi connectivity index (χ2v) is 7.47. The Labute approximate surface area is 147 Å². The van der Waals surface area contributed by atoms with Crippen LogP contribution in [0.25, 0.3) is 0 Å². The smallest absolute Gasteiger partial charge is 0.249 e. The lowest BCUT2D eigenvalue weighted by Gasteiger charge is -2.36. The number of nitrogens with zero attached hydrogens (tertiary/aromatic N) is 4. The Hall–Kier alpha value is -1.89. The van der Waals surface area contributed by atoms with Crippen molar-refractivity contribution in [1.29, 1.82) is 0 Å². The molecule has 2 atom stereocenters. The van der Waals surface area contributed by atoms with Crippen molar-refractivity contribution < 1.29 is 14.3 Å². The van der Waals surface area contributed by atoms with Gasteiger partial charge in [-0.05, 0) is 12.8 Å². The van der Waals surface area contributed by atoms with Gasteiger partial charge in [0.05, 0.1) is 18.7 Å². The number of imidazole rings is 1. The first-order valence-corrected chi connectivity index (χ1v) is 9.29. The van der Waals surface area contributed by atoms with Crippen LogP contribution in [0.4, 0.5) is 0 Å². The lowest BCUT2D eigenvalue weighted by atomic mass is 9.88. The minimum Gasteiger partial charge on any atom is -0.364 e. The molecule has 3 aliphatic rings. The summed E-state index contributed by atoms with van der Waals surface area (Å²) in [6.45, 7) is 1.75. The van der Waals surface area contributed by atoms with E-state index in [-0.39, 0.29) is 36.5 Å². The zero-order chi connectivity index (χ0) is 17.4. The van der Waals surface area contributed by atoms with Crippen molar-refractivity contribution >= 4 is 11.8 Å². The lowest BCUT2D eigenvalue weighted by Crippen LogP contribution is -2.53. The van der Waals surface area contributed by atoms with Gasteiger partial charge in [0.2, 0.25) is 11.8 Å². The first-order valence-electron chi connectivity index (χ1n) is 9.29. The Balaban J connectivity index is 1.47. The minimum absolute atomic E-state index is 0.0174. The highest BCUT2D eigenvalue weighted by Gasteiger charge is 2.45. The number of aryl methyl sites for hydroxylation is 1. The van der Waals surface area contributed by atoms with Gasteiger partial charge in [0.25, 0.3) is 0 Å². The van der Waals surface area contributed by atoms with Crippen molar-refractivity contribution in [3.05, 3.63) is 18.2 Å². The van der Waals surface area contributed by atoms with Gasteiger partial charge in [-0.15, -0.1) is 0 Å². The fourth-order valence-corrected chi connectivity index (χ4v) is 4.36. The van der Waals surface area contributed by atoms with Crippen LogP contribution in [0.2, 0.25) is 0 Å². The van der Waals surface area contributed by atoms with E-state index in [4.69, 9.17) is 4.74 Å². The summed E-state index contributed by atoms with van der Waals surface area (Å²) in [7, 11) is 1.93. The van der Waals surface area contributed by atoms with Crippen LogP contribution in [-0.2, 0) is 27.9 Å². The quantitative estimate of drug-likeness (QED) is 0.817. The number of fused-ring (bicyclic) bond motifs is 1. The molecule has 1 aromatic rings. The van der Waals surface area contributed by atoms with Crippen LogP contribution >= 0.6 is 0 Å². The molecule has 136 valence electrons. The molecule has 1 aromatic heterocycles. The fourth-order valence-electron chi connectivity index (χ4n) is 4.36. The average molecular weight is 346 g/mol. The molecule has 7 heteroatoms. The van der Waals surface area contributed by atoms with E-state index in [1.54, 1.807) is 6.20 Å². The molecule has 0 N–H and O–H groups in total. The van der Waals surface area contributed by atoms with Crippen molar-refractivity contribution in [3.63, 3.8) is 0 Å². The van der Waals surface area contributed by atoms with E-state index in [9.17, 15) is 9.59 Å². The molecule has 25 heavy (non-hydrogen) atoms. The van der Waals surface area contributed by atoms with Gasteiger partial charge < -0.3 is 19.1 Å². The van der Waals surface area contributed by atoms with Gasteiger partial charge in [-0.3, -0.25) is 9.59 Å². The number of hydrogen-bond acceptors (Lipinski definition) is 4. The number of likely N-dealkylation sites (tertiary alicyclic amines) is 1. The first-order chi connectivity index (χ1) is 12.1. The molecule has 1 aliphatic carbocycles. The number of amides is 2. The number of aromatic nitrogens is 2. The third kappa shape index (κ3) is 3.17. The predicted octanol–water partition coefficient (Wildman–Crippen LogP) is 0.939. The van der Waals surface area contributed by atoms with E-state index in [2.05, 4.69) is 4.98 Å². The molecule has 3 heterocycles. The maximum atomic E-state index is 12.9. The Bertz CT molecular complexity index is 653. The molecule has 7 nitrogen and oxygen atoms in total. The standard InChI is InChI=1S/C18H26N4O3/c1-20-8-7-19-16(20)11-22-14-9-21(10-15(14)25-12-17(22)23)18(24)13-5-3-2-4-6-13/h7-8,13-15H,2-6,9-12H2,1H3. The summed E-state index contributed by atoms with van der Waals surface area (Å²) >= 11 is 0. The van der Waals surface area contributed by atoms with Gasteiger partial charge in [0, 0.05) is 38.4 Å². The second-order valence-electron chi connectivity index (χ2n) is 7.47. The third-order valence-electron chi connectivity index (χ3n) is 5.88. The van der Waals surface area contributed by atoms with Gasteiger partial charge in [-0.25, -0.2) is 4.98 Å². The number of ether oxygens (including phenoxy) is 1. The predicted molar refractivity (Wildman–Crippen MR) is 90.4 cm³/mol. The lowest BCUT2D eigenvalue weighted by molar-refractivity contribution is -0.154. The van der Waals surface area contributed by atoms with E-state index >= 15 is 0 Å². The SMILES string of the molecule is Cn1ccnc1CN1C(=O)COC2CN(C(=O)C3CCCCC3)CC21. The van der Waals surface area contributed by atoms with Gasteiger partial charge in [0.15, 0.2) is 0 Å². The topological polar surface area (TPSA) is 67.7 Å². The summed E-state index contributed by atoms with van der Waals surface area (Å²) in [5.74, 6) is 1.25. The number of carbonyl (C=O) groups excluding carboxylic acids is 2. The molecular weight excluding hydrogens is 320 g/mol. The highest BCUT2D eigenvalue weighted by Crippen LogP contribution is 2.30. The van der Waals surface area contributed by atoms with E-state index in [1.807, 2.05) is 27.6 Å². The van der Waals surface area contributed by atoms with E-state index < -0.39 is 0 Å². The van der Waals surface area contributed by atoms with Gasteiger partial charge >= 0.3 is 0 Å². The maximum Gasteiger partial charge on any atom is 0.249 e. The first kappa shape index (κ1) is 16.6. The monoisotopic (exact) mass is 346 g/mol. The largest absolute Gasteiger partial charge is 0.364 e. The Morgan fingerprint density at radius 1 is 1.28 bits per heavy atom. The van der Waals surface area contributed by atoms with Gasteiger partial charge in [-0.1, -0.05) is 19.3 Å². The summed E-state index contributed by atoms with van der Waals surface area (Å²) in [6, 6.07) is -0.0644. The second kappa shape index (κ2) is 6.78. The number of morpholine rings is 1. The molecule has 0 radical (unpaired) electrons. The molecule has 3 fully saturated rings. The van der Waals surface area contributed by atoms with Gasteiger partial charge in [0.1, 0.15) is 12.4 Å². The zero-order valence-corrected chi connectivity index (χ0v) is 14.8. The minimum atomic E-state index is -0.0782. The molecule has 0 aromatic carbocycles. The fraction of sp³-hybridized carbons (Fsp3) is 0.722. The zero-order valence-electron chi connectivity index (χ0n) is 14.8. The summed E-state index contributed by atoms with van der Waals surface area (Å²) < 4.78 is 7.68. The maximum absolute atomic E-state index is 12.9. The van der Waals surface area contributed by atoms with E-state index in [0.29, 0.717) is 19.6 Å². The Kier molecular flexibility index (Phi) is 4.50.